The summed E-state index contributed by atoms with van der Waals surface area (Å²) in [6.07, 6.45) is 6.56. The minimum Gasteiger partial charge on any atom is -0.359 e. The molecule has 0 atom stereocenters. The summed E-state index contributed by atoms with van der Waals surface area (Å²) in [5.74, 6) is 0. The number of pyridine rings is 2. The summed E-state index contributed by atoms with van der Waals surface area (Å²) in [5.41, 5.74) is -0.568. The molecule has 0 aromatic carbocycles. The van der Waals surface area contributed by atoms with Gasteiger partial charge in [0.2, 0.25) is 5.72 Å². The van der Waals surface area contributed by atoms with E-state index in [-0.39, 0.29) is 0 Å². The normalized spacial score (nSPS) is 11.4. The first-order valence-corrected chi connectivity index (χ1v) is 5.87. The minimum absolute atomic E-state index is 0.470. The maximum Gasteiger partial charge on any atom is 0.244 e. The third kappa shape index (κ3) is 1.90. The lowest BCUT2D eigenvalue weighted by Gasteiger charge is -2.27. The highest BCUT2D eigenvalue weighted by molar-refractivity contribution is 5.26. The summed E-state index contributed by atoms with van der Waals surface area (Å²) in [4.78, 5) is 8.46. The second-order valence-electron chi connectivity index (χ2n) is 4.05. The van der Waals surface area contributed by atoms with Gasteiger partial charge in [0.25, 0.3) is 0 Å². The summed E-state index contributed by atoms with van der Waals surface area (Å²) < 4.78 is 1.44. The first kappa shape index (κ1) is 11.6. The van der Waals surface area contributed by atoms with Gasteiger partial charge in [-0.05, 0) is 30.3 Å². The van der Waals surface area contributed by atoms with Crippen LogP contribution in [0, 0.1) is 0 Å². The second-order valence-corrected chi connectivity index (χ2v) is 4.05. The Labute approximate surface area is 110 Å². The van der Waals surface area contributed by atoms with Crippen molar-refractivity contribution in [3.05, 3.63) is 78.6 Å². The van der Waals surface area contributed by atoms with E-state index in [1.807, 2.05) is 12.1 Å². The molecule has 0 spiro atoms. The average molecular weight is 252 g/mol. The molecule has 1 N–H and O–H groups in total. The fraction of sp³-hybridized carbons (Fsp3) is 0.0714. The molecule has 0 amide bonds. The van der Waals surface area contributed by atoms with Crippen LogP contribution >= 0.6 is 0 Å². The molecule has 3 rings (SSSR count). The summed E-state index contributed by atoms with van der Waals surface area (Å²) >= 11 is 0. The van der Waals surface area contributed by atoms with Crippen molar-refractivity contribution in [3.63, 3.8) is 0 Å². The van der Waals surface area contributed by atoms with Gasteiger partial charge in [-0.1, -0.05) is 12.1 Å². The van der Waals surface area contributed by atoms with Crippen molar-refractivity contribution in [1.82, 2.24) is 19.7 Å². The third-order valence-electron chi connectivity index (χ3n) is 2.88. The Balaban J connectivity index is 2.23. The highest BCUT2D eigenvalue weighted by Gasteiger charge is 2.37. The molecule has 0 saturated carbocycles. The molecule has 0 saturated heterocycles. The molecule has 0 aliphatic rings. The van der Waals surface area contributed by atoms with Crippen molar-refractivity contribution < 1.29 is 5.11 Å². The van der Waals surface area contributed by atoms with Crippen LogP contribution in [0.25, 0.3) is 0 Å². The van der Waals surface area contributed by atoms with Gasteiger partial charge in [-0.3, -0.25) is 9.97 Å². The van der Waals surface area contributed by atoms with Gasteiger partial charge in [0.05, 0.1) is 0 Å². The molecular weight excluding hydrogens is 240 g/mol. The van der Waals surface area contributed by atoms with Crippen molar-refractivity contribution in [2.45, 2.75) is 5.72 Å². The maximum atomic E-state index is 11.1. The lowest BCUT2D eigenvalue weighted by molar-refractivity contribution is 0.0272. The molecule has 0 aliphatic heterocycles. The molecule has 19 heavy (non-hydrogen) atoms. The molecule has 3 heterocycles. The van der Waals surface area contributed by atoms with Crippen molar-refractivity contribution in [3.8, 4) is 0 Å². The van der Waals surface area contributed by atoms with Crippen LogP contribution in [0.15, 0.2) is 67.3 Å². The van der Waals surface area contributed by atoms with Gasteiger partial charge in [-0.25, -0.2) is 4.68 Å². The zero-order valence-corrected chi connectivity index (χ0v) is 10.1. The van der Waals surface area contributed by atoms with Crippen molar-refractivity contribution in [2.75, 3.05) is 0 Å². The van der Waals surface area contributed by atoms with E-state index >= 15 is 0 Å². The van der Waals surface area contributed by atoms with Gasteiger partial charge in [0, 0.05) is 24.8 Å². The largest absolute Gasteiger partial charge is 0.359 e. The molecule has 0 bridgehead atoms. The van der Waals surface area contributed by atoms with E-state index in [9.17, 15) is 5.11 Å². The summed E-state index contributed by atoms with van der Waals surface area (Å²) in [7, 11) is 0. The third-order valence-corrected chi connectivity index (χ3v) is 2.88. The zero-order valence-electron chi connectivity index (χ0n) is 10.1. The molecule has 0 unspecified atom stereocenters. The second kappa shape index (κ2) is 4.62. The van der Waals surface area contributed by atoms with Crippen molar-refractivity contribution in [1.29, 1.82) is 0 Å². The Hall–Kier alpha value is -2.53. The van der Waals surface area contributed by atoms with E-state index < -0.39 is 5.72 Å². The Bertz CT molecular complexity index is 598. The predicted molar refractivity (Wildman–Crippen MR) is 69.1 cm³/mol. The summed E-state index contributed by atoms with van der Waals surface area (Å²) in [6, 6.07) is 12.5. The molecule has 5 heteroatoms. The van der Waals surface area contributed by atoms with Gasteiger partial charge in [-0.15, -0.1) is 0 Å². The molecule has 3 aromatic heterocycles. The van der Waals surface area contributed by atoms with Crippen LogP contribution < -0.4 is 0 Å². The van der Waals surface area contributed by atoms with E-state index in [4.69, 9.17) is 0 Å². The molecule has 3 aromatic rings. The topological polar surface area (TPSA) is 63.8 Å². The minimum atomic E-state index is -1.51. The van der Waals surface area contributed by atoms with Crippen molar-refractivity contribution in [2.24, 2.45) is 0 Å². The standard InChI is InChI=1S/C14H12N4O/c19-14(18-11-5-10-17-18,12-6-1-3-8-15-12)13-7-2-4-9-16-13/h1-11,19H. The number of hydrogen-bond donors (Lipinski definition) is 1. The Morgan fingerprint density at radius 2 is 1.47 bits per heavy atom. The maximum absolute atomic E-state index is 11.1. The van der Waals surface area contributed by atoms with Gasteiger partial charge in [0.1, 0.15) is 11.4 Å². The SMILES string of the molecule is OC(c1ccccn1)(c1ccccn1)n1cccn1. The van der Waals surface area contributed by atoms with Crippen LogP contribution in [-0.2, 0) is 5.72 Å². The monoisotopic (exact) mass is 252 g/mol. The Morgan fingerprint density at radius 3 is 1.89 bits per heavy atom. The van der Waals surface area contributed by atoms with Crippen molar-refractivity contribution >= 4 is 0 Å². The van der Waals surface area contributed by atoms with Crippen LogP contribution in [0.3, 0.4) is 0 Å². The van der Waals surface area contributed by atoms with E-state index in [0.29, 0.717) is 11.4 Å². The first-order chi connectivity index (χ1) is 9.32. The number of aliphatic hydroxyl groups is 1. The van der Waals surface area contributed by atoms with Gasteiger partial charge in [0.15, 0.2) is 0 Å². The highest BCUT2D eigenvalue weighted by Crippen LogP contribution is 2.27. The smallest absolute Gasteiger partial charge is 0.244 e. The Morgan fingerprint density at radius 1 is 0.842 bits per heavy atom. The summed E-state index contributed by atoms with van der Waals surface area (Å²) in [5, 5.41) is 15.2. The molecular formula is C14H12N4O. The number of aromatic nitrogens is 4. The fourth-order valence-electron chi connectivity index (χ4n) is 1.96. The predicted octanol–water partition coefficient (Wildman–Crippen LogP) is 1.41. The van der Waals surface area contributed by atoms with Gasteiger partial charge >= 0.3 is 0 Å². The van der Waals surface area contributed by atoms with E-state index in [1.54, 1.807) is 55.1 Å². The van der Waals surface area contributed by atoms with Crippen LogP contribution in [0.5, 0.6) is 0 Å². The molecule has 0 aliphatic carbocycles. The number of nitrogens with zero attached hydrogens (tertiary/aromatic N) is 4. The highest BCUT2D eigenvalue weighted by atomic mass is 16.3. The van der Waals surface area contributed by atoms with E-state index in [0.717, 1.165) is 0 Å². The number of hydrogen-bond acceptors (Lipinski definition) is 4. The van der Waals surface area contributed by atoms with Gasteiger partial charge < -0.3 is 5.11 Å². The average Bonchev–Trinajstić information content (AvgIpc) is 3.03. The molecule has 0 fully saturated rings. The molecule has 5 nitrogen and oxygen atoms in total. The Kier molecular flexibility index (Phi) is 2.81. The van der Waals surface area contributed by atoms with Crippen LogP contribution in [0.4, 0.5) is 0 Å². The van der Waals surface area contributed by atoms with Crippen LogP contribution in [0.1, 0.15) is 11.4 Å². The fourth-order valence-corrected chi connectivity index (χ4v) is 1.96. The van der Waals surface area contributed by atoms with E-state index in [1.165, 1.54) is 4.68 Å². The number of rotatable bonds is 3. The molecule has 94 valence electrons. The zero-order chi connectivity index (χ0) is 13.1. The van der Waals surface area contributed by atoms with Crippen LogP contribution in [0.2, 0.25) is 0 Å². The van der Waals surface area contributed by atoms with E-state index in [2.05, 4.69) is 15.1 Å². The first-order valence-electron chi connectivity index (χ1n) is 5.87. The quantitative estimate of drug-likeness (QED) is 0.765. The van der Waals surface area contributed by atoms with Crippen LogP contribution in [-0.4, -0.2) is 24.9 Å². The van der Waals surface area contributed by atoms with Gasteiger partial charge in [-0.2, -0.15) is 5.10 Å². The summed E-state index contributed by atoms with van der Waals surface area (Å²) in [6.45, 7) is 0. The molecule has 0 radical (unpaired) electrons. The lowest BCUT2D eigenvalue weighted by Crippen LogP contribution is -2.38. The lowest BCUT2D eigenvalue weighted by atomic mass is 10.0.